The Balaban J connectivity index is 3.54. The van der Waals surface area contributed by atoms with Gasteiger partial charge in [-0.2, -0.15) is 43.2 Å². The molecule has 0 fully saturated rings. The van der Waals surface area contributed by atoms with Crippen molar-refractivity contribution in [3.05, 3.63) is 23.3 Å². The summed E-state index contributed by atoms with van der Waals surface area (Å²) >= 11 is 0. The van der Waals surface area contributed by atoms with Gasteiger partial charge in [0.05, 0.1) is 20.3 Å². The van der Waals surface area contributed by atoms with Crippen LogP contribution in [0.2, 0.25) is 0 Å². The van der Waals surface area contributed by atoms with Crippen molar-refractivity contribution in [2.45, 2.75) is 29.6 Å². The summed E-state index contributed by atoms with van der Waals surface area (Å²) in [6.45, 7) is -0.868. The molecule has 0 saturated carbocycles. The zero-order valence-electron chi connectivity index (χ0n) is 15.9. The van der Waals surface area contributed by atoms with Crippen LogP contribution in [0.4, 0.5) is 26.3 Å². The maximum atomic E-state index is 14.0. The molecular formula is C14H16F6O9S2. The summed E-state index contributed by atoms with van der Waals surface area (Å²) in [6.07, 6.45) is 0. The lowest BCUT2D eigenvalue weighted by Gasteiger charge is -2.30. The quantitative estimate of drug-likeness (QED) is 0.355. The fraction of sp³-hybridized carbons (Fsp3) is 0.571. The first kappa shape index (κ1) is 27.2. The van der Waals surface area contributed by atoms with Gasteiger partial charge in [0.1, 0.15) is 11.5 Å². The molecule has 0 amide bonds. The molecule has 0 atom stereocenters. The number of benzene rings is 1. The molecule has 0 unspecified atom stereocenters. The van der Waals surface area contributed by atoms with E-state index in [4.69, 9.17) is 0 Å². The third-order valence-electron chi connectivity index (χ3n) is 3.63. The van der Waals surface area contributed by atoms with E-state index >= 15 is 0 Å². The first-order valence-corrected chi connectivity index (χ1v) is 10.5. The van der Waals surface area contributed by atoms with Gasteiger partial charge in [-0.3, -0.25) is 4.18 Å². The molecule has 0 bridgehead atoms. The van der Waals surface area contributed by atoms with Crippen molar-refractivity contribution in [3.63, 3.8) is 0 Å². The van der Waals surface area contributed by atoms with Crippen LogP contribution in [0.25, 0.3) is 0 Å². The summed E-state index contributed by atoms with van der Waals surface area (Å²) in [4.78, 5) is 0. The largest absolute Gasteiger partial charge is 0.507 e. The SMILES string of the molecule is COCc1cc(OS(=O)(=O)C(F)(F)C(F)(F)C(F)(F)S(=O)(=O)OC)cc(COC)c1O. The first-order valence-electron chi connectivity index (χ1n) is 7.63. The van der Waals surface area contributed by atoms with Crippen molar-refractivity contribution in [2.24, 2.45) is 0 Å². The summed E-state index contributed by atoms with van der Waals surface area (Å²) < 4.78 is 145. The van der Waals surface area contributed by atoms with Gasteiger partial charge in [0, 0.05) is 25.3 Å². The molecule has 17 heteroatoms. The highest BCUT2D eigenvalue weighted by Crippen LogP contribution is 2.51. The van der Waals surface area contributed by atoms with E-state index in [1.54, 1.807) is 0 Å². The van der Waals surface area contributed by atoms with Crippen LogP contribution < -0.4 is 4.18 Å². The van der Waals surface area contributed by atoms with E-state index in [-0.39, 0.29) is 18.2 Å². The van der Waals surface area contributed by atoms with Crippen molar-refractivity contribution in [2.75, 3.05) is 21.3 Å². The number of halogens is 6. The van der Waals surface area contributed by atoms with Crippen LogP contribution >= 0.6 is 0 Å². The fourth-order valence-electron chi connectivity index (χ4n) is 2.07. The minimum atomic E-state index is -7.02. The molecule has 0 aliphatic rings. The summed E-state index contributed by atoms with van der Waals surface area (Å²) in [7, 11) is -11.4. The molecule has 1 aromatic carbocycles. The number of hydrogen-bond donors (Lipinski definition) is 1. The van der Waals surface area contributed by atoms with Gasteiger partial charge in [-0.25, -0.2) is 0 Å². The standard InChI is InChI=1S/C14H16F6O9S2/c1-26-6-8-4-10(5-9(7-27-2)11(8)21)29-31(24,25)14(19,20)12(15,16)13(17,18)30(22,23)28-3/h4-5,21H,6-7H2,1-3H3. The van der Waals surface area contributed by atoms with E-state index < -0.39 is 61.4 Å². The lowest BCUT2D eigenvalue weighted by Crippen LogP contribution is -2.61. The third kappa shape index (κ3) is 4.69. The lowest BCUT2D eigenvalue weighted by atomic mass is 10.1. The van der Waals surface area contributed by atoms with Gasteiger partial charge >= 0.3 is 36.7 Å². The highest BCUT2D eigenvalue weighted by molar-refractivity contribution is 7.89. The second kappa shape index (κ2) is 8.97. The van der Waals surface area contributed by atoms with Crippen molar-refractivity contribution >= 4 is 20.2 Å². The molecule has 0 saturated heterocycles. The maximum absolute atomic E-state index is 14.0. The topological polar surface area (TPSA) is 125 Å². The normalized spacial score (nSPS) is 14.0. The Bertz CT molecular complexity index is 982. The van der Waals surface area contributed by atoms with Gasteiger partial charge in [-0.15, -0.1) is 0 Å². The van der Waals surface area contributed by atoms with E-state index in [1.807, 2.05) is 0 Å². The van der Waals surface area contributed by atoms with E-state index in [2.05, 4.69) is 17.8 Å². The number of methoxy groups -OCH3 is 2. The Morgan fingerprint density at radius 2 is 1.19 bits per heavy atom. The average Bonchev–Trinajstić information content (AvgIpc) is 2.64. The van der Waals surface area contributed by atoms with Gasteiger partial charge in [0.2, 0.25) is 0 Å². The van der Waals surface area contributed by atoms with Gasteiger partial charge in [0.15, 0.2) is 0 Å². The van der Waals surface area contributed by atoms with Gasteiger partial charge in [-0.1, -0.05) is 0 Å². The second-order valence-electron chi connectivity index (χ2n) is 5.72. The molecule has 0 heterocycles. The zero-order valence-corrected chi connectivity index (χ0v) is 17.5. The number of phenols is 1. The van der Waals surface area contributed by atoms with Crippen LogP contribution in [-0.4, -0.2) is 59.7 Å². The van der Waals surface area contributed by atoms with Crippen LogP contribution in [0, 0.1) is 0 Å². The van der Waals surface area contributed by atoms with E-state index in [9.17, 15) is 48.3 Å². The van der Waals surface area contributed by atoms with Crippen LogP contribution in [0.1, 0.15) is 11.1 Å². The minimum absolute atomic E-state index is 0.0203. The smallest absolute Gasteiger partial charge is 0.450 e. The summed E-state index contributed by atoms with van der Waals surface area (Å²) in [6, 6.07) is 1.18. The molecule has 180 valence electrons. The van der Waals surface area contributed by atoms with Crippen LogP contribution in [0.15, 0.2) is 12.1 Å². The summed E-state index contributed by atoms with van der Waals surface area (Å²) in [5.41, 5.74) is -0.519. The van der Waals surface area contributed by atoms with E-state index in [1.165, 1.54) is 0 Å². The number of rotatable bonds is 11. The molecule has 0 aliphatic carbocycles. The maximum Gasteiger partial charge on any atom is 0.450 e. The predicted molar refractivity (Wildman–Crippen MR) is 89.9 cm³/mol. The van der Waals surface area contributed by atoms with Crippen LogP contribution in [-0.2, 0) is 47.1 Å². The Kier molecular flexibility index (Phi) is 7.87. The minimum Gasteiger partial charge on any atom is -0.507 e. The molecule has 1 aromatic rings. The fourth-order valence-corrected chi connectivity index (χ4v) is 3.69. The highest BCUT2D eigenvalue weighted by Gasteiger charge is 2.83. The Hall–Kier alpha value is -1.82. The second-order valence-corrected chi connectivity index (χ2v) is 9.06. The molecule has 9 nitrogen and oxygen atoms in total. The van der Waals surface area contributed by atoms with Gasteiger partial charge < -0.3 is 18.8 Å². The Labute approximate surface area is 172 Å². The Morgan fingerprint density at radius 1 is 0.806 bits per heavy atom. The number of hydrogen-bond acceptors (Lipinski definition) is 9. The Morgan fingerprint density at radius 3 is 1.55 bits per heavy atom. The van der Waals surface area contributed by atoms with Crippen LogP contribution in [0.5, 0.6) is 11.5 Å². The average molecular weight is 506 g/mol. The van der Waals surface area contributed by atoms with Gasteiger partial charge in [-0.05, 0) is 12.1 Å². The highest BCUT2D eigenvalue weighted by atomic mass is 32.2. The molecular weight excluding hydrogens is 490 g/mol. The van der Waals surface area contributed by atoms with Crippen molar-refractivity contribution in [3.8, 4) is 11.5 Å². The monoisotopic (exact) mass is 506 g/mol. The molecule has 0 aromatic heterocycles. The third-order valence-corrected chi connectivity index (χ3v) is 6.24. The molecule has 0 spiro atoms. The summed E-state index contributed by atoms with van der Waals surface area (Å²) in [5.74, 6) is -8.66. The molecule has 31 heavy (non-hydrogen) atoms. The number of alkyl halides is 6. The predicted octanol–water partition coefficient (Wildman–Crippen LogP) is 2.19. The molecule has 0 radical (unpaired) electrons. The summed E-state index contributed by atoms with van der Waals surface area (Å²) in [5, 5.41) is -3.44. The lowest BCUT2D eigenvalue weighted by molar-refractivity contribution is -0.247. The van der Waals surface area contributed by atoms with Crippen LogP contribution in [0.3, 0.4) is 0 Å². The van der Waals surface area contributed by atoms with E-state index in [0.29, 0.717) is 12.1 Å². The van der Waals surface area contributed by atoms with Crippen molar-refractivity contribution in [1.29, 1.82) is 0 Å². The molecule has 1 N–H and O–H groups in total. The van der Waals surface area contributed by atoms with Crippen molar-refractivity contribution < 1.29 is 66.1 Å². The van der Waals surface area contributed by atoms with Crippen molar-refractivity contribution in [1.82, 2.24) is 0 Å². The number of ether oxygens (including phenoxy) is 2. The number of aromatic hydroxyl groups is 1. The molecule has 1 rings (SSSR count). The van der Waals surface area contributed by atoms with Gasteiger partial charge in [0.25, 0.3) is 0 Å². The van der Waals surface area contributed by atoms with E-state index in [0.717, 1.165) is 14.2 Å². The zero-order chi connectivity index (χ0) is 24.5. The first-order chi connectivity index (χ1) is 13.9. The number of phenolic OH excluding ortho intramolecular Hbond substituents is 1. The molecule has 0 aliphatic heterocycles.